The minimum Gasteiger partial charge on any atom is -0.508 e. The molecule has 0 aliphatic carbocycles. The van der Waals surface area contributed by atoms with Gasteiger partial charge in [-0.25, -0.2) is 4.98 Å². The van der Waals surface area contributed by atoms with Gasteiger partial charge in [-0.15, -0.1) is 0 Å². The van der Waals surface area contributed by atoms with E-state index in [4.69, 9.17) is 13.9 Å². The highest BCUT2D eigenvalue weighted by molar-refractivity contribution is 5.78. The highest BCUT2D eigenvalue weighted by atomic mass is 16.7. The maximum absolute atomic E-state index is 9.41. The number of aromatic nitrogens is 1. The molecular weight excluding hydrogens is 246 g/mol. The Morgan fingerprint density at radius 1 is 1.00 bits per heavy atom. The Bertz CT molecular complexity index is 778. The van der Waals surface area contributed by atoms with E-state index in [9.17, 15) is 5.11 Å². The van der Waals surface area contributed by atoms with Crippen LogP contribution < -0.4 is 9.47 Å². The average molecular weight is 255 g/mol. The number of phenols is 1. The van der Waals surface area contributed by atoms with Gasteiger partial charge in [0.1, 0.15) is 11.3 Å². The highest BCUT2D eigenvalue weighted by Crippen LogP contribution is 2.36. The van der Waals surface area contributed by atoms with Crippen molar-refractivity contribution in [1.29, 1.82) is 0 Å². The van der Waals surface area contributed by atoms with Crippen molar-refractivity contribution < 1.29 is 19.0 Å². The summed E-state index contributed by atoms with van der Waals surface area (Å²) < 4.78 is 16.2. The first kappa shape index (κ1) is 10.3. The largest absolute Gasteiger partial charge is 0.508 e. The minimum atomic E-state index is 0.154. The van der Waals surface area contributed by atoms with E-state index in [1.54, 1.807) is 18.2 Å². The number of rotatable bonds is 1. The maximum atomic E-state index is 9.41. The van der Waals surface area contributed by atoms with Gasteiger partial charge in [0.2, 0.25) is 12.7 Å². The summed E-state index contributed by atoms with van der Waals surface area (Å²) in [7, 11) is 0. The lowest BCUT2D eigenvalue weighted by Gasteiger charge is -1.98. The smallest absolute Gasteiger partial charge is 0.231 e. The predicted molar refractivity (Wildman–Crippen MR) is 67.2 cm³/mol. The van der Waals surface area contributed by atoms with Crippen LogP contribution in [0.3, 0.4) is 0 Å². The zero-order valence-corrected chi connectivity index (χ0v) is 9.79. The van der Waals surface area contributed by atoms with Crippen molar-refractivity contribution in [2.45, 2.75) is 0 Å². The predicted octanol–water partition coefficient (Wildman–Crippen LogP) is 2.93. The Labute approximate surface area is 108 Å². The van der Waals surface area contributed by atoms with Gasteiger partial charge in [-0.2, -0.15) is 0 Å². The fourth-order valence-corrected chi connectivity index (χ4v) is 2.07. The molecular formula is C14H9NO4. The number of fused-ring (bicyclic) bond motifs is 2. The first-order valence-corrected chi connectivity index (χ1v) is 5.79. The summed E-state index contributed by atoms with van der Waals surface area (Å²) in [5, 5.41) is 9.41. The molecule has 2 aromatic carbocycles. The average Bonchev–Trinajstić information content (AvgIpc) is 3.02. The van der Waals surface area contributed by atoms with E-state index in [1.807, 2.05) is 18.2 Å². The van der Waals surface area contributed by atoms with Crippen LogP contribution in [-0.4, -0.2) is 16.9 Å². The second-order valence-corrected chi connectivity index (χ2v) is 4.24. The van der Waals surface area contributed by atoms with Crippen molar-refractivity contribution in [1.82, 2.24) is 4.98 Å². The lowest BCUT2D eigenvalue weighted by molar-refractivity contribution is 0.174. The number of phenolic OH excluding ortho intramolecular Hbond substituents is 1. The van der Waals surface area contributed by atoms with Crippen molar-refractivity contribution in [2.75, 3.05) is 6.79 Å². The number of benzene rings is 2. The normalized spacial score (nSPS) is 13.1. The first-order chi connectivity index (χ1) is 9.29. The van der Waals surface area contributed by atoms with Gasteiger partial charge in [0.25, 0.3) is 0 Å². The Morgan fingerprint density at radius 3 is 2.84 bits per heavy atom. The van der Waals surface area contributed by atoms with E-state index in [2.05, 4.69) is 4.98 Å². The molecule has 0 radical (unpaired) electrons. The summed E-state index contributed by atoms with van der Waals surface area (Å²) >= 11 is 0. The molecule has 0 amide bonds. The molecule has 1 N–H and O–H groups in total. The van der Waals surface area contributed by atoms with E-state index in [0.29, 0.717) is 22.7 Å². The zero-order valence-electron chi connectivity index (χ0n) is 9.79. The number of aromatic hydroxyl groups is 1. The van der Waals surface area contributed by atoms with Gasteiger partial charge in [0.05, 0.1) is 0 Å². The molecule has 5 nitrogen and oxygen atoms in total. The summed E-state index contributed by atoms with van der Waals surface area (Å²) in [5.74, 6) is 2.04. The number of nitrogens with zero attached hydrogens (tertiary/aromatic N) is 1. The van der Waals surface area contributed by atoms with Crippen LogP contribution in [0.15, 0.2) is 40.8 Å². The molecule has 1 aliphatic heterocycles. The van der Waals surface area contributed by atoms with Crippen LogP contribution in [0.2, 0.25) is 0 Å². The molecule has 4 rings (SSSR count). The van der Waals surface area contributed by atoms with Crippen LogP contribution in [0.25, 0.3) is 22.6 Å². The Hall–Kier alpha value is -2.69. The van der Waals surface area contributed by atoms with Crippen molar-refractivity contribution >= 4 is 11.1 Å². The van der Waals surface area contributed by atoms with Gasteiger partial charge in [0, 0.05) is 11.6 Å². The topological polar surface area (TPSA) is 64.7 Å². The van der Waals surface area contributed by atoms with Crippen LogP contribution in [0, 0.1) is 0 Å². The molecule has 1 aliphatic rings. The van der Waals surface area contributed by atoms with Crippen LogP contribution in [0.1, 0.15) is 0 Å². The third-order valence-corrected chi connectivity index (χ3v) is 2.99. The molecule has 0 bridgehead atoms. The van der Waals surface area contributed by atoms with Gasteiger partial charge in [-0.1, -0.05) is 0 Å². The fourth-order valence-electron chi connectivity index (χ4n) is 2.07. The fraction of sp³-hybridized carbons (Fsp3) is 0.0714. The van der Waals surface area contributed by atoms with E-state index < -0.39 is 0 Å². The molecule has 0 saturated heterocycles. The van der Waals surface area contributed by atoms with Gasteiger partial charge in [-0.3, -0.25) is 0 Å². The zero-order chi connectivity index (χ0) is 12.8. The molecule has 3 aromatic rings. The molecule has 0 atom stereocenters. The Balaban J connectivity index is 1.85. The van der Waals surface area contributed by atoms with Gasteiger partial charge in [-0.05, 0) is 30.3 Å². The molecule has 19 heavy (non-hydrogen) atoms. The Kier molecular flexibility index (Phi) is 1.97. The van der Waals surface area contributed by atoms with Gasteiger partial charge in [0.15, 0.2) is 17.1 Å². The quantitative estimate of drug-likeness (QED) is 0.724. The van der Waals surface area contributed by atoms with Crippen LogP contribution >= 0.6 is 0 Å². The summed E-state index contributed by atoms with van der Waals surface area (Å²) in [6.07, 6.45) is 0. The van der Waals surface area contributed by atoms with Crippen LogP contribution in [0.4, 0.5) is 0 Å². The minimum absolute atomic E-state index is 0.154. The van der Waals surface area contributed by atoms with Crippen LogP contribution in [0.5, 0.6) is 17.2 Å². The second-order valence-electron chi connectivity index (χ2n) is 4.24. The lowest BCUT2D eigenvalue weighted by atomic mass is 10.2. The molecule has 0 spiro atoms. The van der Waals surface area contributed by atoms with Crippen molar-refractivity contribution in [3.05, 3.63) is 36.4 Å². The summed E-state index contributed by atoms with van der Waals surface area (Å²) in [6, 6.07) is 10.3. The molecule has 0 unspecified atom stereocenters. The Morgan fingerprint density at radius 2 is 1.89 bits per heavy atom. The molecule has 1 aromatic heterocycles. The number of oxazole rings is 1. The lowest BCUT2D eigenvalue weighted by Crippen LogP contribution is -1.92. The molecule has 0 fully saturated rings. The number of ether oxygens (including phenoxy) is 2. The van der Waals surface area contributed by atoms with Crippen molar-refractivity contribution in [2.24, 2.45) is 0 Å². The molecule has 5 heteroatoms. The second kappa shape index (κ2) is 3.65. The van der Waals surface area contributed by atoms with E-state index in [1.165, 1.54) is 0 Å². The third-order valence-electron chi connectivity index (χ3n) is 2.99. The highest BCUT2D eigenvalue weighted by Gasteiger charge is 2.16. The molecule has 0 saturated carbocycles. The van der Waals surface area contributed by atoms with E-state index in [0.717, 1.165) is 11.3 Å². The van der Waals surface area contributed by atoms with E-state index in [-0.39, 0.29) is 12.5 Å². The van der Waals surface area contributed by atoms with Crippen molar-refractivity contribution in [3.63, 3.8) is 0 Å². The van der Waals surface area contributed by atoms with Gasteiger partial charge >= 0.3 is 0 Å². The standard InChI is InChI=1S/C14H9NO4/c16-9-2-3-10-12(6-9)19-14(15-10)8-1-4-11-13(5-8)18-7-17-11/h1-6,16H,7H2. The maximum Gasteiger partial charge on any atom is 0.231 e. The number of hydrogen-bond acceptors (Lipinski definition) is 5. The molecule has 94 valence electrons. The summed E-state index contributed by atoms with van der Waals surface area (Å²) in [6.45, 7) is 0.236. The monoisotopic (exact) mass is 255 g/mol. The SMILES string of the molecule is Oc1ccc2nc(-c3ccc4c(c3)OCO4)oc2c1. The number of hydrogen-bond donors (Lipinski definition) is 1. The molecule has 2 heterocycles. The van der Waals surface area contributed by atoms with Crippen molar-refractivity contribution in [3.8, 4) is 28.7 Å². The summed E-state index contributed by atoms with van der Waals surface area (Å²) in [4.78, 5) is 4.38. The summed E-state index contributed by atoms with van der Waals surface area (Å²) in [5.41, 5.74) is 2.05. The van der Waals surface area contributed by atoms with Gasteiger partial charge < -0.3 is 19.0 Å². The first-order valence-electron chi connectivity index (χ1n) is 5.79. The van der Waals surface area contributed by atoms with E-state index >= 15 is 0 Å². The third kappa shape index (κ3) is 1.59. The van der Waals surface area contributed by atoms with Crippen LogP contribution in [-0.2, 0) is 0 Å².